The Morgan fingerprint density at radius 3 is 3.08 bits per heavy atom. The van der Waals surface area contributed by atoms with Crippen molar-refractivity contribution in [2.45, 2.75) is 58.0 Å². The van der Waals surface area contributed by atoms with Gasteiger partial charge in [-0.2, -0.15) is 0 Å². The summed E-state index contributed by atoms with van der Waals surface area (Å²) in [5.41, 5.74) is 1.49. The summed E-state index contributed by atoms with van der Waals surface area (Å²) in [5.74, 6) is 0. The molecular weight excluding hydrogens is 148 g/mol. The number of allylic oxidation sites excluding steroid dienone is 1. The fourth-order valence-corrected chi connectivity index (χ4v) is 1.76. The highest BCUT2D eigenvalue weighted by molar-refractivity contribution is 5.06. The molecule has 12 heavy (non-hydrogen) atoms. The Balaban J connectivity index is 2.37. The Kier molecular flexibility index (Phi) is 4.37. The van der Waals surface area contributed by atoms with Gasteiger partial charge in [-0.15, -0.1) is 0 Å². The molecule has 0 aromatic carbocycles. The minimum Gasteiger partial charge on any atom is -0.389 e. The van der Waals surface area contributed by atoms with Gasteiger partial charge in [0.15, 0.2) is 0 Å². The summed E-state index contributed by atoms with van der Waals surface area (Å²) in [6.45, 7) is 2.22. The van der Waals surface area contributed by atoms with Gasteiger partial charge in [0.05, 0.1) is 6.10 Å². The summed E-state index contributed by atoms with van der Waals surface area (Å²) < 4.78 is 0. The maximum Gasteiger partial charge on any atom is 0.0723 e. The Morgan fingerprint density at radius 1 is 1.50 bits per heavy atom. The van der Waals surface area contributed by atoms with Crippen LogP contribution in [0.4, 0.5) is 0 Å². The highest BCUT2D eigenvalue weighted by atomic mass is 16.3. The molecule has 0 heterocycles. The third-order valence-electron chi connectivity index (χ3n) is 2.53. The van der Waals surface area contributed by atoms with E-state index in [-0.39, 0.29) is 6.10 Å². The molecule has 0 fully saturated rings. The number of unbranched alkanes of at least 4 members (excludes halogenated alkanes) is 1. The Morgan fingerprint density at radius 2 is 2.33 bits per heavy atom. The molecule has 0 saturated heterocycles. The Bertz CT molecular complexity index is 149. The zero-order valence-electron chi connectivity index (χ0n) is 8.05. The topological polar surface area (TPSA) is 20.2 Å². The maximum absolute atomic E-state index is 9.48. The SMILES string of the molecule is CCCCC1=CC(O)CCCC1. The molecule has 0 aliphatic heterocycles. The standard InChI is InChI=1S/C11H20O/c1-2-3-6-10-7-4-5-8-11(12)9-10/h9,11-12H,2-8H2,1H3. The summed E-state index contributed by atoms with van der Waals surface area (Å²) in [6.07, 6.45) is 10.3. The van der Waals surface area contributed by atoms with Crippen molar-refractivity contribution < 1.29 is 5.11 Å². The van der Waals surface area contributed by atoms with Crippen molar-refractivity contribution >= 4 is 0 Å². The minimum absolute atomic E-state index is 0.153. The third kappa shape index (κ3) is 3.40. The molecule has 1 N–H and O–H groups in total. The van der Waals surface area contributed by atoms with Crippen LogP contribution in [-0.4, -0.2) is 11.2 Å². The summed E-state index contributed by atoms with van der Waals surface area (Å²) in [7, 11) is 0. The van der Waals surface area contributed by atoms with Crippen LogP contribution in [0.2, 0.25) is 0 Å². The van der Waals surface area contributed by atoms with E-state index in [1.54, 1.807) is 0 Å². The largest absolute Gasteiger partial charge is 0.389 e. The average molecular weight is 168 g/mol. The average Bonchev–Trinajstić information content (AvgIpc) is 2.26. The van der Waals surface area contributed by atoms with E-state index in [4.69, 9.17) is 0 Å². The van der Waals surface area contributed by atoms with Gasteiger partial charge in [-0.1, -0.05) is 31.4 Å². The molecule has 1 aliphatic carbocycles. The van der Waals surface area contributed by atoms with Gasteiger partial charge in [0, 0.05) is 0 Å². The minimum atomic E-state index is -0.153. The molecule has 0 saturated carbocycles. The summed E-state index contributed by atoms with van der Waals surface area (Å²) in [5, 5.41) is 9.48. The number of hydrogen-bond acceptors (Lipinski definition) is 1. The second kappa shape index (κ2) is 5.36. The molecule has 0 radical (unpaired) electrons. The van der Waals surface area contributed by atoms with Crippen LogP contribution in [0.25, 0.3) is 0 Å². The number of hydrogen-bond donors (Lipinski definition) is 1. The Hall–Kier alpha value is -0.300. The van der Waals surface area contributed by atoms with Crippen LogP contribution in [0.3, 0.4) is 0 Å². The van der Waals surface area contributed by atoms with Crippen LogP contribution in [0.5, 0.6) is 0 Å². The second-order valence-corrected chi connectivity index (χ2v) is 3.74. The maximum atomic E-state index is 9.48. The lowest BCUT2D eigenvalue weighted by molar-refractivity contribution is 0.211. The zero-order valence-corrected chi connectivity index (χ0v) is 8.05. The van der Waals surface area contributed by atoms with Crippen LogP contribution in [-0.2, 0) is 0 Å². The molecule has 1 rings (SSSR count). The first kappa shape index (κ1) is 9.79. The predicted molar refractivity (Wildman–Crippen MR) is 52.1 cm³/mol. The smallest absolute Gasteiger partial charge is 0.0723 e. The van der Waals surface area contributed by atoms with Gasteiger partial charge in [-0.05, 0) is 32.1 Å². The lowest BCUT2D eigenvalue weighted by Gasteiger charge is -2.04. The fourth-order valence-electron chi connectivity index (χ4n) is 1.76. The normalized spacial score (nSPS) is 24.8. The van der Waals surface area contributed by atoms with E-state index in [0.29, 0.717) is 0 Å². The number of aliphatic hydroxyl groups excluding tert-OH is 1. The van der Waals surface area contributed by atoms with Gasteiger partial charge in [0.25, 0.3) is 0 Å². The van der Waals surface area contributed by atoms with E-state index in [9.17, 15) is 5.11 Å². The molecule has 1 aliphatic rings. The molecule has 0 aromatic heterocycles. The molecule has 1 atom stereocenters. The van der Waals surface area contributed by atoms with Gasteiger partial charge in [0.2, 0.25) is 0 Å². The summed E-state index contributed by atoms with van der Waals surface area (Å²) in [4.78, 5) is 0. The van der Waals surface area contributed by atoms with E-state index >= 15 is 0 Å². The van der Waals surface area contributed by atoms with Crippen LogP contribution >= 0.6 is 0 Å². The van der Waals surface area contributed by atoms with E-state index in [1.807, 2.05) is 0 Å². The third-order valence-corrected chi connectivity index (χ3v) is 2.53. The Labute approximate surface area is 75.5 Å². The van der Waals surface area contributed by atoms with Crippen molar-refractivity contribution in [1.29, 1.82) is 0 Å². The molecule has 0 aromatic rings. The first-order valence-corrected chi connectivity index (χ1v) is 5.20. The van der Waals surface area contributed by atoms with Crippen molar-refractivity contribution in [2.24, 2.45) is 0 Å². The molecule has 0 bridgehead atoms. The predicted octanol–water partition coefficient (Wildman–Crippen LogP) is 3.04. The summed E-state index contributed by atoms with van der Waals surface area (Å²) in [6, 6.07) is 0. The molecule has 1 heteroatoms. The summed E-state index contributed by atoms with van der Waals surface area (Å²) >= 11 is 0. The van der Waals surface area contributed by atoms with E-state index in [0.717, 1.165) is 6.42 Å². The van der Waals surface area contributed by atoms with E-state index < -0.39 is 0 Å². The quantitative estimate of drug-likeness (QED) is 0.642. The van der Waals surface area contributed by atoms with Gasteiger partial charge >= 0.3 is 0 Å². The number of aliphatic hydroxyl groups is 1. The van der Waals surface area contributed by atoms with Gasteiger partial charge in [-0.25, -0.2) is 0 Å². The molecular formula is C11H20O. The van der Waals surface area contributed by atoms with Crippen molar-refractivity contribution in [3.8, 4) is 0 Å². The van der Waals surface area contributed by atoms with Crippen molar-refractivity contribution in [3.05, 3.63) is 11.6 Å². The van der Waals surface area contributed by atoms with Crippen molar-refractivity contribution in [1.82, 2.24) is 0 Å². The van der Waals surface area contributed by atoms with Crippen molar-refractivity contribution in [3.63, 3.8) is 0 Å². The van der Waals surface area contributed by atoms with E-state index in [1.165, 1.54) is 44.1 Å². The van der Waals surface area contributed by atoms with Crippen LogP contribution in [0, 0.1) is 0 Å². The lowest BCUT2D eigenvalue weighted by atomic mass is 10.0. The highest BCUT2D eigenvalue weighted by Gasteiger charge is 2.08. The first-order chi connectivity index (χ1) is 5.83. The van der Waals surface area contributed by atoms with Gasteiger partial charge < -0.3 is 5.11 Å². The monoisotopic (exact) mass is 168 g/mol. The zero-order chi connectivity index (χ0) is 8.81. The molecule has 70 valence electrons. The van der Waals surface area contributed by atoms with Crippen LogP contribution in [0.15, 0.2) is 11.6 Å². The second-order valence-electron chi connectivity index (χ2n) is 3.74. The van der Waals surface area contributed by atoms with E-state index in [2.05, 4.69) is 13.0 Å². The van der Waals surface area contributed by atoms with Crippen molar-refractivity contribution in [2.75, 3.05) is 0 Å². The van der Waals surface area contributed by atoms with Gasteiger partial charge in [0.1, 0.15) is 0 Å². The van der Waals surface area contributed by atoms with Gasteiger partial charge in [-0.3, -0.25) is 0 Å². The highest BCUT2D eigenvalue weighted by Crippen LogP contribution is 2.21. The first-order valence-electron chi connectivity index (χ1n) is 5.20. The molecule has 1 nitrogen and oxygen atoms in total. The molecule has 0 spiro atoms. The molecule has 0 amide bonds. The fraction of sp³-hybridized carbons (Fsp3) is 0.818. The van der Waals surface area contributed by atoms with Crippen LogP contribution < -0.4 is 0 Å². The molecule has 1 unspecified atom stereocenters. The lowest BCUT2D eigenvalue weighted by Crippen LogP contribution is -2.00. The number of rotatable bonds is 3. The van der Waals surface area contributed by atoms with Crippen LogP contribution in [0.1, 0.15) is 51.9 Å².